The van der Waals surface area contributed by atoms with Crippen molar-refractivity contribution in [2.24, 2.45) is 5.73 Å². The molecular weight excluding hydrogens is 190 g/mol. The highest BCUT2D eigenvalue weighted by Gasteiger charge is 2.19. The minimum atomic E-state index is -0.415. The molecule has 0 saturated heterocycles. The van der Waals surface area contributed by atoms with Crippen molar-refractivity contribution in [2.75, 3.05) is 13.7 Å². The molecule has 15 heavy (non-hydrogen) atoms. The molecule has 3 nitrogen and oxygen atoms in total. The third-order valence-corrected chi connectivity index (χ3v) is 2.20. The van der Waals surface area contributed by atoms with E-state index in [0.717, 1.165) is 11.1 Å². The van der Waals surface area contributed by atoms with Gasteiger partial charge in [0.15, 0.2) is 0 Å². The predicted octanol–water partition coefficient (Wildman–Crippen LogP) is 0.883. The monoisotopic (exact) mass is 203 g/mol. The van der Waals surface area contributed by atoms with Gasteiger partial charge in [-0.15, -0.1) is 6.42 Å². The molecule has 0 fully saturated rings. The van der Waals surface area contributed by atoms with Crippen molar-refractivity contribution in [1.82, 2.24) is 0 Å². The smallest absolute Gasteiger partial charge is 0.314 e. The van der Waals surface area contributed by atoms with E-state index >= 15 is 0 Å². The van der Waals surface area contributed by atoms with E-state index in [9.17, 15) is 4.79 Å². The molecule has 1 aromatic rings. The largest absolute Gasteiger partial charge is 0.469 e. The van der Waals surface area contributed by atoms with Gasteiger partial charge in [-0.1, -0.05) is 18.1 Å². The maximum Gasteiger partial charge on any atom is 0.314 e. The Hall–Kier alpha value is -1.79. The van der Waals surface area contributed by atoms with Gasteiger partial charge in [0.2, 0.25) is 0 Å². The summed E-state index contributed by atoms with van der Waals surface area (Å²) in [6.45, 7) is 0.224. The van der Waals surface area contributed by atoms with Gasteiger partial charge in [0.05, 0.1) is 13.0 Å². The van der Waals surface area contributed by atoms with Crippen LogP contribution < -0.4 is 5.73 Å². The van der Waals surface area contributed by atoms with Crippen molar-refractivity contribution >= 4 is 5.97 Å². The van der Waals surface area contributed by atoms with Crippen LogP contribution in [0.4, 0.5) is 0 Å². The second-order valence-corrected chi connectivity index (χ2v) is 3.08. The van der Waals surface area contributed by atoms with Crippen LogP contribution in [-0.2, 0) is 9.53 Å². The zero-order valence-corrected chi connectivity index (χ0v) is 8.57. The zero-order valence-electron chi connectivity index (χ0n) is 8.57. The first-order valence-corrected chi connectivity index (χ1v) is 4.57. The fourth-order valence-electron chi connectivity index (χ4n) is 1.32. The van der Waals surface area contributed by atoms with Crippen molar-refractivity contribution in [2.45, 2.75) is 5.92 Å². The van der Waals surface area contributed by atoms with E-state index in [-0.39, 0.29) is 12.5 Å². The van der Waals surface area contributed by atoms with Crippen LogP contribution in [-0.4, -0.2) is 19.6 Å². The van der Waals surface area contributed by atoms with Crippen molar-refractivity contribution < 1.29 is 9.53 Å². The van der Waals surface area contributed by atoms with E-state index in [1.54, 1.807) is 24.3 Å². The fraction of sp³-hybridized carbons (Fsp3) is 0.250. The Morgan fingerprint density at radius 2 is 2.13 bits per heavy atom. The SMILES string of the molecule is C#Cc1ccc(C(CN)C(=O)OC)cc1. The zero-order chi connectivity index (χ0) is 11.3. The second-order valence-electron chi connectivity index (χ2n) is 3.08. The molecule has 0 amide bonds. The first kappa shape index (κ1) is 11.3. The third kappa shape index (κ3) is 2.58. The quantitative estimate of drug-likeness (QED) is 0.586. The Morgan fingerprint density at radius 3 is 2.53 bits per heavy atom. The van der Waals surface area contributed by atoms with Gasteiger partial charge in [0.25, 0.3) is 0 Å². The summed E-state index contributed by atoms with van der Waals surface area (Å²) < 4.78 is 4.65. The van der Waals surface area contributed by atoms with Crippen LogP contribution in [0.2, 0.25) is 0 Å². The molecule has 0 spiro atoms. The van der Waals surface area contributed by atoms with Crippen LogP contribution in [0.25, 0.3) is 0 Å². The van der Waals surface area contributed by atoms with Crippen LogP contribution >= 0.6 is 0 Å². The molecule has 0 radical (unpaired) electrons. The average Bonchev–Trinajstić information content (AvgIpc) is 2.30. The Labute approximate surface area is 89.2 Å². The molecule has 1 aromatic carbocycles. The van der Waals surface area contributed by atoms with Crippen molar-refractivity contribution in [3.05, 3.63) is 35.4 Å². The van der Waals surface area contributed by atoms with Gasteiger partial charge in [0, 0.05) is 12.1 Å². The number of carbonyl (C=O) groups is 1. The van der Waals surface area contributed by atoms with Crippen LogP contribution in [0.5, 0.6) is 0 Å². The summed E-state index contributed by atoms with van der Waals surface area (Å²) in [6, 6.07) is 7.15. The lowest BCUT2D eigenvalue weighted by Gasteiger charge is -2.12. The Kier molecular flexibility index (Phi) is 3.90. The highest BCUT2D eigenvalue weighted by Crippen LogP contribution is 2.16. The Balaban J connectivity index is 2.94. The summed E-state index contributed by atoms with van der Waals surface area (Å²) in [5.41, 5.74) is 7.11. The van der Waals surface area contributed by atoms with Crippen molar-refractivity contribution in [3.8, 4) is 12.3 Å². The maximum atomic E-state index is 11.4. The van der Waals surface area contributed by atoms with Gasteiger partial charge in [-0.05, 0) is 17.7 Å². The van der Waals surface area contributed by atoms with Crippen LogP contribution in [0.15, 0.2) is 24.3 Å². The van der Waals surface area contributed by atoms with Crippen molar-refractivity contribution in [1.29, 1.82) is 0 Å². The first-order valence-electron chi connectivity index (χ1n) is 4.57. The second kappa shape index (κ2) is 5.18. The van der Waals surface area contributed by atoms with Crippen LogP contribution in [0, 0.1) is 12.3 Å². The molecule has 78 valence electrons. The molecule has 3 heteroatoms. The van der Waals surface area contributed by atoms with Gasteiger partial charge in [-0.3, -0.25) is 4.79 Å². The lowest BCUT2D eigenvalue weighted by molar-refractivity contribution is -0.142. The standard InChI is InChI=1S/C12H13NO2/c1-3-9-4-6-10(7-5-9)11(8-13)12(14)15-2/h1,4-7,11H,8,13H2,2H3. The number of ether oxygens (including phenoxy) is 1. The normalized spacial score (nSPS) is 11.5. The summed E-state index contributed by atoms with van der Waals surface area (Å²) in [7, 11) is 1.35. The number of rotatable bonds is 3. The van der Waals surface area contributed by atoms with Crippen molar-refractivity contribution in [3.63, 3.8) is 0 Å². The predicted molar refractivity (Wildman–Crippen MR) is 58.2 cm³/mol. The molecule has 0 aromatic heterocycles. The minimum Gasteiger partial charge on any atom is -0.469 e. The van der Waals surface area contributed by atoms with Crippen LogP contribution in [0.3, 0.4) is 0 Å². The van der Waals surface area contributed by atoms with E-state index in [1.807, 2.05) is 0 Å². The summed E-state index contributed by atoms with van der Waals surface area (Å²) in [5.74, 6) is 1.76. The molecule has 0 saturated carbocycles. The molecular formula is C12H13NO2. The molecule has 0 aliphatic carbocycles. The first-order chi connectivity index (χ1) is 7.22. The van der Waals surface area contributed by atoms with E-state index < -0.39 is 5.92 Å². The average molecular weight is 203 g/mol. The lowest BCUT2D eigenvalue weighted by Crippen LogP contribution is -2.22. The third-order valence-electron chi connectivity index (χ3n) is 2.20. The lowest BCUT2D eigenvalue weighted by atomic mass is 9.98. The van der Waals surface area contributed by atoms with E-state index in [1.165, 1.54) is 7.11 Å². The number of terminal acetylenes is 1. The number of esters is 1. The number of hydrogen-bond donors (Lipinski definition) is 1. The summed E-state index contributed by atoms with van der Waals surface area (Å²) in [5, 5.41) is 0. The fourth-order valence-corrected chi connectivity index (χ4v) is 1.32. The highest BCUT2D eigenvalue weighted by atomic mass is 16.5. The molecule has 1 atom stereocenters. The maximum absolute atomic E-state index is 11.4. The Morgan fingerprint density at radius 1 is 1.53 bits per heavy atom. The highest BCUT2D eigenvalue weighted by molar-refractivity contribution is 5.78. The molecule has 1 unspecified atom stereocenters. The summed E-state index contributed by atoms with van der Waals surface area (Å²) in [6.07, 6.45) is 5.23. The van der Waals surface area contributed by atoms with Gasteiger partial charge in [-0.25, -0.2) is 0 Å². The van der Waals surface area contributed by atoms with Gasteiger partial charge in [-0.2, -0.15) is 0 Å². The Bertz CT molecular complexity index is 376. The summed E-state index contributed by atoms with van der Waals surface area (Å²) in [4.78, 5) is 11.4. The molecule has 0 bridgehead atoms. The molecule has 0 aliphatic rings. The molecule has 1 rings (SSSR count). The van der Waals surface area contributed by atoms with E-state index in [2.05, 4.69) is 10.7 Å². The molecule has 0 aliphatic heterocycles. The topological polar surface area (TPSA) is 52.3 Å². The number of benzene rings is 1. The van der Waals surface area contributed by atoms with E-state index in [4.69, 9.17) is 12.2 Å². The number of methoxy groups -OCH3 is 1. The van der Waals surface area contributed by atoms with Crippen LogP contribution in [0.1, 0.15) is 17.0 Å². The van der Waals surface area contributed by atoms with Gasteiger partial charge >= 0.3 is 5.97 Å². The van der Waals surface area contributed by atoms with Gasteiger partial charge < -0.3 is 10.5 Å². The number of carbonyl (C=O) groups excluding carboxylic acids is 1. The molecule has 2 N–H and O–H groups in total. The van der Waals surface area contributed by atoms with E-state index in [0.29, 0.717) is 0 Å². The number of hydrogen-bond acceptors (Lipinski definition) is 3. The minimum absolute atomic E-state index is 0.224. The number of nitrogens with two attached hydrogens (primary N) is 1. The van der Waals surface area contributed by atoms with Gasteiger partial charge in [0.1, 0.15) is 0 Å². The molecule has 0 heterocycles. The summed E-state index contributed by atoms with van der Waals surface area (Å²) >= 11 is 0.